The monoisotopic (exact) mass is 142 g/mol. The first kappa shape index (κ1) is 9.50. The fourth-order valence-electron chi connectivity index (χ4n) is 0.703. The van der Waals surface area contributed by atoms with Gasteiger partial charge < -0.3 is 10.2 Å². The van der Waals surface area contributed by atoms with Crippen LogP contribution >= 0.6 is 0 Å². The normalized spacial score (nSPS) is 11.3. The van der Waals surface area contributed by atoms with Crippen LogP contribution in [0.2, 0.25) is 0 Å². The number of nitrogens with one attached hydrogen (secondary N) is 1. The summed E-state index contributed by atoms with van der Waals surface area (Å²) in [6.45, 7) is 8.17. The molecule has 2 heteroatoms. The Balaban J connectivity index is 4.19. The second-order valence-corrected chi connectivity index (χ2v) is 3.22. The zero-order valence-corrected chi connectivity index (χ0v) is 7.65. The lowest BCUT2D eigenvalue weighted by Crippen LogP contribution is -2.42. The van der Waals surface area contributed by atoms with E-state index in [1.807, 2.05) is 26.0 Å². The number of nitrogens with zero attached hydrogens (tertiary/aromatic N) is 1. The van der Waals surface area contributed by atoms with E-state index < -0.39 is 0 Å². The standard InChI is InChI=1S/C8H18N2/c1-7(10(5)6)8(2,3)9-4/h9H,1H2,2-6H3. The Hall–Kier alpha value is -0.500. The van der Waals surface area contributed by atoms with Crippen molar-refractivity contribution in [2.24, 2.45) is 0 Å². The van der Waals surface area contributed by atoms with Gasteiger partial charge in [-0.2, -0.15) is 0 Å². The molecule has 10 heavy (non-hydrogen) atoms. The van der Waals surface area contributed by atoms with E-state index in [1.165, 1.54) is 0 Å². The van der Waals surface area contributed by atoms with E-state index in [4.69, 9.17) is 0 Å². The summed E-state index contributed by atoms with van der Waals surface area (Å²) >= 11 is 0. The molecule has 0 fully saturated rings. The molecule has 0 spiro atoms. The predicted molar refractivity (Wildman–Crippen MR) is 46.0 cm³/mol. The van der Waals surface area contributed by atoms with Gasteiger partial charge in [0.05, 0.1) is 5.54 Å². The molecule has 0 saturated heterocycles. The zero-order valence-electron chi connectivity index (χ0n) is 7.65. The molecule has 0 aliphatic heterocycles. The highest BCUT2D eigenvalue weighted by Gasteiger charge is 2.19. The molecule has 0 aliphatic carbocycles. The Bertz CT molecular complexity index is 125. The molecule has 2 nitrogen and oxygen atoms in total. The lowest BCUT2D eigenvalue weighted by molar-refractivity contribution is 0.368. The molecule has 0 bridgehead atoms. The van der Waals surface area contributed by atoms with Crippen LogP contribution in [0.4, 0.5) is 0 Å². The number of rotatable bonds is 3. The maximum absolute atomic E-state index is 3.96. The lowest BCUT2D eigenvalue weighted by Gasteiger charge is -2.31. The Labute approximate surface area is 63.9 Å². The molecule has 0 unspecified atom stereocenters. The molecule has 0 aromatic carbocycles. The number of hydrogen-bond acceptors (Lipinski definition) is 2. The molecule has 60 valence electrons. The summed E-state index contributed by atoms with van der Waals surface area (Å²) < 4.78 is 0. The van der Waals surface area contributed by atoms with Crippen LogP contribution in [0.1, 0.15) is 13.8 Å². The SMILES string of the molecule is C=C(N(C)C)C(C)(C)NC. The quantitative estimate of drug-likeness (QED) is 0.634. The van der Waals surface area contributed by atoms with Gasteiger partial charge in [0, 0.05) is 19.8 Å². The van der Waals surface area contributed by atoms with Crippen molar-refractivity contribution in [1.29, 1.82) is 0 Å². The van der Waals surface area contributed by atoms with Gasteiger partial charge in [-0.25, -0.2) is 0 Å². The van der Waals surface area contributed by atoms with Crippen LogP contribution in [-0.4, -0.2) is 31.6 Å². The fraction of sp³-hybridized carbons (Fsp3) is 0.750. The molecule has 0 saturated carbocycles. The van der Waals surface area contributed by atoms with E-state index in [0.717, 1.165) is 5.70 Å². The molecule has 0 aromatic heterocycles. The summed E-state index contributed by atoms with van der Waals surface area (Å²) in [4.78, 5) is 2.02. The summed E-state index contributed by atoms with van der Waals surface area (Å²) in [5, 5.41) is 3.18. The van der Waals surface area contributed by atoms with E-state index >= 15 is 0 Å². The van der Waals surface area contributed by atoms with E-state index in [9.17, 15) is 0 Å². The van der Waals surface area contributed by atoms with E-state index in [1.54, 1.807) is 0 Å². The largest absolute Gasteiger partial charge is 0.380 e. The molecule has 0 aromatic rings. The van der Waals surface area contributed by atoms with Crippen LogP contribution in [0.3, 0.4) is 0 Å². The fourth-order valence-corrected chi connectivity index (χ4v) is 0.703. The van der Waals surface area contributed by atoms with Crippen molar-refractivity contribution in [3.63, 3.8) is 0 Å². The van der Waals surface area contributed by atoms with Gasteiger partial charge in [0.15, 0.2) is 0 Å². The molecular weight excluding hydrogens is 124 g/mol. The molecule has 0 aliphatic rings. The van der Waals surface area contributed by atoms with Crippen molar-refractivity contribution >= 4 is 0 Å². The van der Waals surface area contributed by atoms with Crippen LogP contribution in [-0.2, 0) is 0 Å². The van der Waals surface area contributed by atoms with Gasteiger partial charge in [-0.15, -0.1) is 0 Å². The third-order valence-corrected chi connectivity index (χ3v) is 1.89. The van der Waals surface area contributed by atoms with Crippen LogP contribution < -0.4 is 5.32 Å². The predicted octanol–water partition coefficient (Wildman–Crippen LogP) is 1.06. The van der Waals surface area contributed by atoms with Crippen molar-refractivity contribution in [3.05, 3.63) is 12.3 Å². The summed E-state index contributed by atoms with van der Waals surface area (Å²) in [6.07, 6.45) is 0. The van der Waals surface area contributed by atoms with E-state index in [2.05, 4.69) is 25.7 Å². The molecule has 0 radical (unpaired) electrons. The average Bonchev–Trinajstić information content (AvgIpc) is 1.86. The summed E-state index contributed by atoms with van der Waals surface area (Å²) in [5.74, 6) is 0. The Morgan fingerprint density at radius 1 is 1.40 bits per heavy atom. The van der Waals surface area contributed by atoms with Gasteiger partial charge in [-0.05, 0) is 20.9 Å². The summed E-state index contributed by atoms with van der Waals surface area (Å²) in [5.41, 5.74) is 1.10. The first-order chi connectivity index (χ1) is 4.41. The highest BCUT2D eigenvalue weighted by molar-refractivity contribution is 5.09. The van der Waals surface area contributed by atoms with Gasteiger partial charge in [-0.1, -0.05) is 6.58 Å². The molecule has 0 rings (SSSR count). The first-order valence-corrected chi connectivity index (χ1v) is 3.47. The summed E-state index contributed by atoms with van der Waals surface area (Å²) in [7, 11) is 5.94. The molecule has 0 amide bonds. The molecular formula is C8H18N2. The number of hydrogen-bond donors (Lipinski definition) is 1. The van der Waals surface area contributed by atoms with Crippen molar-refractivity contribution in [1.82, 2.24) is 10.2 Å². The van der Waals surface area contributed by atoms with Gasteiger partial charge in [-0.3, -0.25) is 0 Å². The minimum Gasteiger partial charge on any atom is -0.380 e. The van der Waals surface area contributed by atoms with E-state index in [0.29, 0.717) is 0 Å². The van der Waals surface area contributed by atoms with Gasteiger partial charge in [0.1, 0.15) is 0 Å². The third-order valence-electron chi connectivity index (χ3n) is 1.89. The molecule has 0 atom stereocenters. The molecule has 1 N–H and O–H groups in total. The maximum Gasteiger partial charge on any atom is 0.0519 e. The second-order valence-electron chi connectivity index (χ2n) is 3.22. The van der Waals surface area contributed by atoms with Crippen molar-refractivity contribution < 1.29 is 0 Å². The van der Waals surface area contributed by atoms with Gasteiger partial charge in [0.25, 0.3) is 0 Å². The van der Waals surface area contributed by atoms with Crippen LogP contribution in [0, 0.1) is 0 Å². The first-order valence-electron chi connectivity index (χ1n) is 3.47. The zero-order chi connectivity index (χ0) is 8.36. The van der Waals surface area contributed by atoms with Crippen LogP contribution in [0.15, 0.2) is 12.3 Å². The van der Waals surface area contributed by atoms with Crippen LogP contribution in [0.25, 0.3) is 0 Å². The highest BCUT2D eigenvalue weighted by atomic mass is 15.1. The lowest BCUT2D eigenvalue weighted by atomic mass is 10.0. The smallest absolute Gasteiger partial charge is 0.0519 e. The van der Waals surface area contributed by atoms with Crippen molar-refractivity contribution in [3.8, 4) is 0 Å². The van der Waals surface area contributed by atoms with Crippen LogP contribution in [0.5, 0.6) is 0 Å². The van der Waals surface area contributed by atoms with Crippen molar-refractivity contribution in [2.75, 3.05) is 21.1 Å². The van der Waals surface area contributed by atoms with E-state index in [-0.39, 0.29) is 5.54 Å². The Morgan fingerprint density at radius 2 is 1.80 bits per heavy atom. The average molecular weight is 142 g/mol. The minimum absolute atomic E-state index is 0.00347. The Morgan fingerprint density at radius 3 is 1.90 bits per heavy atom. The van der Waals surface area contributed by atoms with Crippen molar-refractivity contribution in [2.45, 2.75) is 19.4 Å². The maximum atomic E-state index is 3.96. The van der Waals surface area contributed by atoms with Gasteiger partial charge >= 0.3 is 0 Å². The minimum atomic E-state index is 0.00347. The third kappa shape index (κ3) is 2.03. The second kappa shape index (κ2) is 3.06. The number of likely N-dealkylation sites (N-methyl/N-ethyl adjacent to an activating group) is 2. The highest BCUT2D eigenvalue weighted by Crippen LogP contribution is 2.13. The topological polar surface area (TPSA) is 15.3 Å². The van der Waals surface area contributed by atoms with Gasteiger partial charge in [0.2, 0.25) is 0 Å². The Kier molecular flexibility index (Phi) is 2.91. The summed E-state index contributed by atoms with van der Waals surface area (Å²) in [6, 6.07) is 0. The molecule has 0 heterocycles.